The number of carbonyl (C=O) groups excluding carboxylic acids is 1. The summed E-state index contributed by atoms with van der Waals surface area (Å²) in [5, 5.41) is 0. The second-order valence-electron chi connectivity index (χ2n) is 8.00. The first kappa shape index (κ1) is 24.3. The van der Waals surface area contributed by atoms with Crippen molar-refractivity contribution in [3.63, 3.8) is 0 Å². The van der Waals surface area contributed by atoms with Gasteiger partial charge in [-0.1, -0.05) is 62.4 Å². The van der Waals surface area contributed by atoms with Gasteiger partial charge in [0.05, 0.1) is 17.3 Å². The number of ketones is 1. The number of fused-ring (bicyclic) bond motifs is 1. The maximum absolute atomic E-state index is 12.2. The van der Waals surface area contributed by atoms with Crippen molar-refractivity contribution >= 4 is 23.4 Å². The molecule has 0 saturated heterocycles. The van der Waals surface area contributed by atoms with Crippen LogP contribution in [-0.2, 0) is 11.2 Å². The van der Waals surface area contributed by atoms with Gasteiger partial charge in [0.2, 0.25) is 0 Å². The maximum Gasteiger partial charge on any atom is 0.159 e. The highest BCUT2D eigenvalue weighted by Crippen LogP contribution is 2.30. The van der Waals surface area contributed by atoms with Crippen LogP contribution in [0.3, 0.4) is 0 Å². The van der Waals surface area contributed by atoms with Crippen LogP contribution >= 0.6 is 0 Å². The average Bonchev–Trinajstić information content (AvgIpc) is 3.04. The molecule has 0 saturated carbocycles. The minimum Gasteiger partial charge on any atom is -0.330 e. The molecule has 1 atom stereocenters. The van der Waals surface area contributed by atoms with Gasteiger partial charge in [-0.05, 0) is 67.6 Å². The van der Waals surface area contributed by atoms with E-state index in [0.29, 0.717) is 12.1 Å². The zero-order valence-electron chi connectivity index (χ0n) is 20.0. The first-order chi connectivity index (χ1) is 16.0. The van der Waals surface area contributed by atoms with Gasteiger partial charge in [-0.15, -0.1) is 0 Å². The lowest BCUT2D eigenvalue weighted by Gasteiger charge is -2.12. The third-order valence-electron chi connectivity index (χ3n) is 5.69. The van der Waals surface area contributed by atoms with Gasteiger partial charge >= 0.3 is 0 Å². The average molecular weight is 440 g/mol. The molecule has 4 rings (SSSR count). The molecule has 0 bridgehead atoms. The van der Waals surface area contributed by atoms with Crippen LogP contribution in [-0.4, -0.2) is 24.3 Å². The van der Waals surface area contributed by atoms with Gasteiger partial charge in [-0.2, -0.15) is 0 Å². The van der Waals surface area contributed by atoms with Crippen LogP contribution in [0.1, 0.15) is 43.9 Å². The fourth-order valence-electron chi connectivity index (χ4n) is 3.91. The van der Waals surface area contributed by atoms with E-state index in [1.54, 1.807) is 13.1 Å². The molecule has 4 nitrogen and oxygen atoms in total. The Labute approximate surface area is 197 Å². The summed E-state index contributed by atoms with van der Waals surface area (Å²) in [6, 6.07) is 15.1. The van der Waals surface area contributed by atoms with E-state index >= 15 is 0 Å². The number of carbonyl (C=O) groups is 1. The molecule has 2 aliphatic heterocycles. The third-order valence-corrected chi connectivity index (χ3v) is 5.69. The molecule has 33 heavy (non-hydrogen) atoms. The van der Waals surface area contributed by atoms with Crippen LogP contribution in [0, 0.1) is 12.8 Å². The minimum atomic E-state index is -0.0741. The standard InChI is InChI=1S/C27H27N3O.C2H6/c1-18-14-22(21-7-5-20(6-8-21)4-3-12-28)9-10-25(18)27-16-23(19(2)31)15-24-17-29-13-11-26(24)30-27;1-2/h5-11,13-17,24H,3-4,12,28H2,1-2H3;1-2H3. The second-order valence-corrected chi connectivity index (χ2v) is 8.00. The highest BCUT2D eigenvalue weighted by molar-refractivity contribution is 6.13. The van der Waals surface area contributed by atoms with Crippen LogP contribution in [0.25, 0.3) is 16.8 Å². The molecule has 0 radical (unpaired) electrons. The summed E-state index contributed by atoms with van der Waals surface area (Å²) >= 11 is 0. The van der Waals surface area contributed by atoms with Crippen molar-refractivity contribution in [2.45, 2.75) is 40.5 Å². The molecule has 0 aromatic heterocycles. The van der Waals surface area contributed by atoms with Crippen molar-refractivity contribution in [1.29, 1.82) is 0 Å². The molecule has 2 N–H and O–H groups in total. The topological polar surface area (TPSA) is 67.8 Å². The van der Waals surface area contributed by atoms with E-state index in [2.05, 4.69) is 54.4 Å². The number of nitrogens with two attached hydrogens (primary N) is 1. The van der Waals surface area contributed by atoms with Gasteiger partial charge in [0.1, 0.15) is 0 Å². The van der Waals surface area contributed by atoms with Crippen LogP contribution in [0.5, 0.6) is 0 Å². The number of hydrogen-bond donors (Lipinski definition) is 1. The van der Waals surface area contributed by atoms with Crippen LogP contribution in [0.2, 0.25) is 0 Å². The van der Waals surface area contributed by atoms with E-state index in [9.17, 15) is 4.79 Å². The van der Waals surface area contributed by atoms with E-state index in [1.165, 1.54) is 16.7 Å². The van der Waals surface area contributed by atoms with E-state index < -0.39 is 0 Å². The number of hydrogen-bond acceptors (Lipinski definition) is 4. The Kier molecular flexibility index (Phi) is 8.45. The summed E-state index contributed by atoms with van der Waals surface area (Å²) in [4.78, 5) is 21.3. The molecule has 0 spiro atoms. The van der Waals surface area contributed by atoms with Crippen molar-refractivity contribution in [2.24, 2.45) is 21.6 Å². The van der Waals surface area contributed by atoms with Crippen molar-refractivity contribution in [3.8, 4) is 11.1 Å². The van der Waals surface area contributed by atoms with Crippen molar-refractivity contribution in [3.05, 3.63) is 89.2 Å². The molecule has 170 valence electrons. The molecular formula is C29H33N3O. The minimum absolute atomic E-state index is 0.0286. The second kappa shape index (κ2) is 11.5. The summed E-state index contributed by atoms with van der Waals surface area (Å²) in [5.41, 5.74) is 13.8. The van der Waals surface area contributed by atoms with Gasteiger partial charge < -0.3 is 5.73 Å². The number of nitrogens with zero attached hydrogens (tertiary/aromatic N) is 2. The fourth-order valence-corrected chi connectivity index (χ4v) is 3.91. The molecule has 0 aliphatic carbocycles. The van der Waals surface area contributed by atoms with Gasteiger partial charge in [0.15, 0.2) is 5.78 Å². The Hall–Kier alpha value is -3.37. The Balaban J connectivity index is 0.00000149. The summed E-state index contributed by atoms with van der Waals surface area (Å²) < 4.78 is 0. The first-order valence-electron chi connectivity index (χ1n) is 11.7. The number of allylic oxidation sites excluding steroid dienone is 4. The van der Waals surface area contributed by atoms with Gasteiger partial charge in [0, 0.05) is 23.6 Å². The van der Waals surface area contributed by atoms with Crippen molar-refractivity contribution < 1.29 is 4.79 Å². The van der Waals surface area contributed by atoms with Gasteiger partial charge in [0.25, 0.3) is 0 Å². The lowest BCUT2D eigenvalue weighted by Crippen LogP contribution is -2.14. The number of benzene rings is 2. The SMILES string of the molecule is CC.CC(=O)C1=CC2C=NC=CC2=NC(c2ccc(-c3ccc(CCCN)cc3)cc2C)=C1. The number of Topliss-reactive ketones (excluding diaryl/α,β-unsaturated/α-hetero) is 1. The first-order valence-corrected chi connectivity index (χ1v) is 11.7. The molecule has 4 heteroatoms. The van der Waals surface area contributed by atoms with E-state index in [-0.39, 0.29) is 11.7 Å². The van der Waals surface area contributed by atoms with Crippen LogP contribution in [0.15, 0.2) is 82.5 Å². The molecule has 2 aromatic rings. The number of aliphatic imine (C=N–C) groups is 2. The molecule has 1 unspecified atom stereocenters. The third kappa shape index (κ3) is 5.91. The predicted molar refractivity (Wildman–Crippen MR) is 141 cm³/mol. The van der Waals surface area contributed by atoms with Gasteiger partial charge in [-0.25, -0.2) is 0 Å². The van der Waals surface area contributed by atoms with Gasteiger partial charge in [-0.3, -0.25) is 14.8 Å². The van der Waals surface area contributed by atoms with E-state index in [4.69, 9.17) is 10.7 Å². The highest BCUT2D eigenvalue weighted by atomic mass is 16.1. The van der Waals surface area contributed by atoms with E-state index in [1.807, 2.05) is 38.3 Å². The highest BCUT2D eigenvalue weighted by Gasteiger charge is 2.19. The monoisotopic (exact) mass is 439 g/mol. The molecule has 2 heterocycles. The Morgan fingerprint density at radius 3 is 2.45 bits per heavy atom. The summed E-state index contributed by atoms with van der Waals surface area (Å²) in [7, 11) is 0. The predicted octanol–water partition coefficient (Wildman–Crippen LogP) is 6.10. The van der Waals surface area contributed by atoms with Crippen LogP contribution < -0.4 is 5.73 Å². The quantitative estimate of drug-likeness (QED) is 0.590. The zero-order chi connectivity index (χ0) is 23.8. The Morgan fingerprint density at radius 1 is 1.06 bits per heavy atom. The lowest BCUT2D eigenvalue weighted by atomic mass is 9.96. The smallest absolute Gasteiger partial charge is 0.159 e. The molecule has 0 amide bonds. The summed E-state index contributed by atoms with van der Waals surface area (Å²) in [6.07, 6.45) is 11.3. The Morgan fingerprint density at radius 2 is 1.79 bits per heavy atom. The molecule has 2 aliphatic rings. The van der Waals surface area contributed by atoms with E-state index in [0.717, 1.165) is 35.4 Å². The Bertz CT molecular complexity index is 1150. The molecule has 2 aromatic carbocycles. The number of aryl methyl sites for hydroxylation is 2. The zero-order valence-corrected chi connectivity index (χ0v) is 20.0. The van der Waals surface area contributed by atoms with Crippen molar-refractivity contribution in [1.82, 2.24) is 0 Å². The summed E-state index contributed by atoms with van der Waals surface area (Å²) in [5.74, 6) is -0.0454. The van der Waals surface area contributed by atoms with Crippen LogP contribution in [0.4, 0.5) is 0 Å². The molecular weight excluding hydrogens is 406 g/mol. The maximum atomic E-state index is 12.2. The summed E-state index contributed by atoms with van der Waals surface area (Å²) in [6.45, 7) is 8.40. The molecule has 0 fully saturated rings. The van der Waals surface area contributed by atoms with Crippen molar-refractivity contribution in [2.75, 3.05) is 6.54 Å². The number of rotatable bonds is 6. The lowest BCUT2D eigenvalue weighted by molar-refractivity contribution is -0.113. The fraction of sp³-hybridized carbons (Fsp3) is 0.276. The largest absolute Gasteiger partial charge is 0.330 e. The normalized spacial score (nSPS) is 16.5.